The molecule has 4 nitrogen and oxygen atoms in total. The minimum absolute atomic E-state index is 0. The molecule has 0 fully saturated rings. The molecular formula is C57H50N3OPt-. The fourth-order valence-corrected chi connectivity index (χ4v) is 7.64. The number of para-hydroxylation sites is 2. The number of imidazole rings is 1. The van der Waals surface area contributed by atoms with Gasteiger partial charge in [-0.1, -0.05) is 168 Å². The minimum atomic E-state index is -2.51. The van der Waals surface area contributed by atoms with Crippen LogP contribution >= 0.6 is 0 Å². The second-order valence-electron chi connectivity index (χ2n) is 17.2. The zero-order chi connectivity index (χ0) is 51.9. The smallest absolute Gasteiger partial charge is 0.148 e. The number of hydrogen-bond donors (Lipinski definition) is 1. The van der Waals surface area contributed by atoms with Gasteiger partial charge in [0, 0.05) is 42.6 Å². The summed E-state index contributed by atoms with van der Waals surface area (Å²) in [7, 11) is 0. The number of phenolic OH excluding ortho intramolecular Hbond substituents is 1. The molecule has 0 saturated heterocycles. The van der Waals surface area contributed by atoms with E-state index in [0.29, 0.717) is 55.9 Å². The molecule has 0 amide bonds. The van der Waals surface area contributed by atoms with Gasteiger partial charge in [-0.25, -0.2) is 4.98 Å². The van der Waals surface area contributed by atoms with E-state index in [9.17, 15) is 6.48 Å². The van der Waals surface area contributed by atoms with Crippen LogP contribution in [0.1, 0.15) is 73.3 Å². The van der Waals surface area contributed by atoms with Crippen molar-refractivity contribution in [3.63, 3.8) is 0 Å². The van der Waals surface area contributed by atoms with Crippen LogP contribution in [-0.4, -0.2) is 19.6 Å². The number of pyridine rings is 1. The number of aromatic hydroxyl groups is 1. The molecule has 0 radical (unpaired) electrons. The monoisotopic (exact) mass is 998 g/mol. The van der Waals surface area contributed by atoms with Gasteiger partial charge in [-0.05, 0) is 93.0 Å². The van der Waals surface area contributed by atoms with Crippen molar-refractivity contribution in [2.75, 3.05) is 0 Å². The Morgan fingerprint density at radius 1 is 0.613 bits per heavy atom. The van der Waals surface area contributed by atoms with Crippen LogP contribution in [0.25, 0.3) is 83.9 Å². The van der Waals surface area contributed by atoms with Crippen molar-refractivity contribution >= 4 is 11.0 Å². The summed E-state index contributed by atoms with van der Waals surface area (Å²) in [5.74, 6) is 0.324. The summed E-state index contributed by atoms with van der Waals surface area (Å²) in [5, 5.41) is 11.6. The Kier molecular flexibility index (Phi) is 8.32. The number of phenols is 1. The van der Waals surface area contributed by atoms with Gasteiger partial charge in [-0.15, -0.1) is 29.3 Å². The average Bonchev–Trinajstić information content (AvgIpc) is 3.73. The van der Waals surface area contributed by atoms with Crippen molar-refractivity contribution in [2.24, 2.45) is 0 Å². The van der Waals surface area contributed by atoms with Crippen molar-refractivity contribution in [3.05, 3.63) is 193 Å². The van der Waals surface area contributed by atoms with Crippen LogP contribution < -0.4 is 0 Å². The second kappa shape index (κ2) is 16.8. The fourth-order valence-electron chi connectivity index (χ4n) is 7.64. The molecule has 0 unspecified atom stereocenters. The Morgan fingerprint density at radius 3 is 2.00 bits per heavy atom. The standard InChI is InChI=1S/C57H50N3O.Pt/c1-37-31-49(40-25-27-44(28-26-40)56(2,3)4)52(36-48(37)39-19-12-9-13-20-39)60-51-23-16-22-46(54(51)59-55(60)47-21-14-15-24-53(47)61)42-32-43(34-45(33-42)57(5,6)7)50-35-41(29-30-58-50)38-17-10-8-11-18-38;/h8-31,33-36,61H,1-7H3;/q-1;/i1D3,8D,10D,11D,17D,18D,29D,30D,35D;. The normalized spacial score (nSPS) is 14.5. The molecule has 0 aliphatic heterocycles. The van der Waals surface area contributed by atoms with Gasteiger partial charge >= 0.3 is 0 Å². The van der Waals surface area contributed by atoms with Crippen LogP contribution in [0, 0.1) is 12.9 Å². The first-order chi connectivity index (χ1) is 33.9. The molecule has 2 heterocycles. The van der Waals surface area contributed by atoms with Crippen molar-refractivity contribution < 1.29 is 41.3 Å². The van der Waals surface area contributed by atoms with E-state index in [4.69, 9.17) is 18.7 Å². The van der Waals surface area contributed by atoms with E-state index in [-0.39, 0.29) is 60.2 Å². The van der Waals surface area contributed by atoms with Gasteiger partial charge in [0.2, 0.25) is 0 Å². The SMILES string of the molecule is [2H]c1nc(-c2[c-]c(-c3cccc4c3nc(-c3ccccc3O)n4-c3cc(-c4ccccc4)c(C([2H])([2H])[2H])cc3-c3ccc(C(C)(C)C)cc3)cc(C(C)(C)C)c2)c([2H])c(-c2c([2H])c([2H])c([2H])c([2H])c2[2H])c1[2H].[Pt]. The summed E-state index contributed by atoms with van der Waals surface area (Å²) in [6.07, 6.45) is -0.560. The Morgan fingerprint density at radius 2 is 1.29 bits per heavy atom. The molecule has 0 saturated carbocycles. The van der Waals surface area contributed by atoms with E-state index in [1.54, 1.807) is 36.4 Å². The number of fused-ring (bicyclic) bond motifs is 1. The average molecular weight is 999 g/mol. The third-order valence-electron chi connectivity index (χ3n) is 11.0. The number of benzene rings is 7. The Bertz CT molecular complexity index is 3610. The van der Waals surface area contributed by atoms with Gasteiger partial charge in [0.15, 0.2) is 0 Å². The number of nitrogens with zero attached hydrogens (tertiary/aromatic N) is 3. The van der Waals surface area contributed by atoms with Crippen LogP contribution in [0.2, 0.25) is 0 Å². The molecule has 310 valence electrons. The molecule has 0 bridgehead atoms. The summed E-state index contributed by atoms with van der Waals surface area (Å²) < 4.78 is 97.8. The summed E-state index contributed by atoms with van der Waals surface area (Å²) >= 11 is 0. The number of rotatable bonds is 7. The molecule has 0 atom stereocenters. The van der Waals surface area contributed by atoms with Crippen molar-refractivity contribution in [1.82, 2.24) is 14.5 Å². The van der Waals surface area contributed by atoms with E-state index in [1.807, 2.05) is 98.1 Å². The Hall–Kier alpha value is -6.35. The van der Waals surface area contributed by atoms with Crippen molar-refractivity contribution in [1.29, 1.82) is 0 Å². The molecule has 9 aromatic rings. The van der Waals surface area contributed by atoms with E-state index >= 15 is 0 Å². The van der Waals surface area contributed by atoms with Gasteiger partial charge in [0.1, 0.15) is 11.6 Å². The molecule has 5 heteroatoms. The van der Waals surface area contributed by atoms with E-state index in [0.717, 1.165) is 16.7 Å². The zero-order valence-electron chi connectivity index (χ0n) is 46.2. The number of aromatic nitrogens is 3. The van der Waals surface area contributed by atoms with Gasteiger partial charge < -0.3 is 5.11 Å². The summed E-state index contributed by atoms with van der Waals surface area (Å²) in [5.41, 5.74) is 6.61. The van der Waals surface area contributed by atoms with Gasteiger partial charge in [-0.2, -0.15) is 0 Å². The van der Waals surface area contributed by atoms with Crippen molar-refractivity contribution in [3.8, 4) is 78.6 Å². The van der Waals surface area contributed by atoms with Crippen LogP contribution in [-0.2, 0) is 31.9 Å². The minimum Gasteiger partial charge on any atom is -0.507 e. The fraction of sp³-hybridized carbons (Fsp3) is 0.158. The summed E-state index contributed by atoms with van der Waals surface area (Å²) in [6, 6.07) is 36.7. The van der Waals surface area contributed by atoms with Crippen molar-refractivity contribution in [2.45, 2.75) is 59.2 Å². The molecule has 9 rings (SSSR count). The summed E-state index contributed by atoms with van der Waals surface area (Å²) in [6.45, 7) is 9.92. The van der Waals surface area contributed by atoms with E-state index in [1.165, 1.54) is 0 Å². The zero-order valence-corrected chi connectivity index (χ0v) is 37.4. The summed E-state index contributed by atoms with van der Waals surface area (Å²) in [4.78, 5) is 9.77. The third-order valence-corrected chi connectivity index (χ3v) is 11.0. The molecule has 62 heavy (non-hydrogen) atoms. The maximum absolute atomic E-state index is 11.6. The maximum Gasteiger partial charge on any atom is 0.148 e. The van der Waals surface area contributed by atoms with Gasteiger partial charge in [0.25, 0.3) is 0 Å². The van der Waals surface area contributed by atoms with E-state index < -0.39 is 60.7 Å². The molecular weight excluding hydrogens is 938 g/mol. The predicted molar refractivity (Wildman–Crippen MR) is 254 cm³/mol. The van der Waals surface area contributed by atoms with Gasteiger partial charge in [0.05, 0.1) is 33.3 Å². The predicted octanol–water partition coefficient (Wildman–Crippen LogP) is 14.8. The quantitative estimate of drug-likeness (QED) is 0.162. The van der Waals surface area contributed by atoms with Crippen LogP contribution in [0.15, 0.2) is 170 Å². The van der Waals surface area contributed by atoms with Crippen LogP contribution in [0.3, 0.4) is 0 Å². The van der Waals surface area contributed by atoms with E-state index in [2.05, 4.69) is 44.0 Å². The van der Waals surface area contributed by atoms with Gasteiger partial charge in [-0.3, -0.25) is 9.55 Å². The Balaban J connectivity index is 0.00000711. The molecule has 7 aromatic carbocycles. The Labute approximate surface area is 395 Å². The molecule has 2 aromatic heterocycles. The first-order valence-electron chi connectivity index (χ1n) is 25.7. The van der Waals surface area contributed by atoms with Crippen LogP contribution in [0.5, 0.6) is 5.75 Å². The topological polar surface area (TPSA) is 50.9 Å². The second-order valence-corrected chi connectivity index (χ2v) is 17.2. The molecule has 0 spiro atoms. The number of hydrogen-bond acceptors (Lipinski definition) is 3. The molecule has 1 N–H and O–H groups in total. The number of aryl methyl sites for hydroxylation is 1. The first kappa shape index (κ1) is 30.6. The molecule has 0 aliphatic carbocycles. The molecule has 0 aliphatic rings. The largest absolute Gasteiger partial charge is 0.507 e. The maximum atomic E-state index is 11.6. The van der Waals surface area contributed by atoms with Crippen LogP contribution in [0.4, 0.5) is 0 Å². The first-order valence-corrected chi connectivity index (χ1v) is 20.2. The third kappa shape index (κ3) is 8.20.